The van der Waals surface area contributed by atoms with Crippen molar-refractivity contribution in [1.82, 2.24) is 5.32 Å². The Bertz CT molecular complexity index is 578. The van der Waals surface area contributed by atoms with E-state index in [0.717, 1.165) is 16.6 Å². The summed E-state index contributed by atoms with van der Waals surface area (Å²) in [5.41, 5.74) is 1.65. The maximum absolute atomic E-state index is 11.8. The molecule has 0 bridgehead atoms. The summed E-state index contributed by atoms with van der Waals surface area (Å²) in [5.74, 6) is -0.0448. The number of carbonyl (C=O) groups excluding carboxylic acids is 1. The molecule has 0 radical (unpaired) electrons. The average Bonchev–Trinajstić information content (AvgIpc) is 2.82. The van der Waals surface area contributed by atoms with Crippen LogP contribution in [0.1, 0.15) is 29.1 Å². The Hall–Kier alpha value is -1.52. The largest absolute Gasteiger partial charge is 0.380 e. The summed E-state index contributed by atoms with van der Waals surface area (Å²) in [6.07, 6.45) is 0. The molecule has 0 saturated heterocycles. The molecule has 2 aromatic rings. The molecule has 0 spiro atoms. The first-order chi connectivity index (χ1) is 9.54. The smallest absolute Gasteiger partial charge is 0.251 e. The minimum atomic E-state index is -0.0448. The van der Waals surface area contributed by atoms with Gasteiger partial charge in [0.25, 0.3) is 5.91 Å². The number of amides is 1. The minimum absolute atomic E-state index is 0.0448. The molecule has 2 rings (SSSR count). The second kappa shape index (κ2) is 6.77. The van der Waals surface area contributed by atoms with E-state index in [1.165, 1.54) is 4.88 Å². The number of carbonyl (C=O) groups is 1. The fourth-order valence-electron chi connectivity index (χ4n) is 1.72. The predicted molar refractivity (Wildman–Crippen MR) is 85.7 cm³/mol. The molecule has 0 aliphatic carbocycles. The normalized spacial score (nSPS) is 10.6. The topological polar surface area (TPSA) is 41.1 Å². The van der Waals surface area contributed by atoms with E-state index >= 15 is 0 Å². The van der Waals surface area contributed by atoms with E-state index < -0.39 is 0 Å². The number of hydrogen-bond acceptors (Lipinski definition) is 3. The summed E-state index contributed by atoms with van der Waals surface area (Å²) in [6, 6.07) is 11.5. The Balaban J connectivity index is 1.93. The lowest BCUT2D eigenvalue weighted by molar-refractivity contribution is 0.0943. The second-order valence-corrected chi connectivity index (χ2v) is 6.56. The molecule has 2 N–H and O–H groups in total. The van der Waals surface area contributed by atoms with Crippen LogP contribution in [0.4, 0.5) is 5.69 Å². The van der Waals surface area contributed by atoms with Gasteiger partial charge in [0.05, 0.1) is 4.34 Å². The minimum Gasteiger partial charge on any atom is -0.380 e. The molecular weight excluding hydrogens is 292 g/mol. The number of rotatable bonds is 5. The van der Waals surface area contributed by atoms with E-state index in [1.54, 1.807) is 11.3 Å². The van der Waals surface area contributed by atoms with Gasteiger partial charge in [0.15, 0.2) is 0 Å². The third kappa shape index (κ3) is 4.25. The van der Waals surface area contributed by atoms with Crippen LogP contribution in [0.3, 0.4) is 0 Å². The monoisotopic (exact) mass is 308 g/mol. The molecule has 0 atom stereocenters. The number of hydrogen-bond donors (Lipinski definition) is 2. The van der Waals surface area contributed by atoms with Crippen molar-refractivity contribution in [2.45, 2.75) is 26.4 Å². The summed E-state index contributed by atoms with van der Waals surface area (Å²) in [6.45, 7) is 4.62. The van der Waals surface area contributed by atoms with E-state index in [-0.39, 0.29) is 11.9 Å². The van der Waals surface area contributed by atoms with Crippen LogP contribution in [-0.2, 0) is 6.54 Å². The third-order valence-corrected chi connectivity index (χ3v) is 3.89. The molecule has 1 aromatic heterocycles. The zero-order valence-electron chi connectivity index (χ0n) is 11.4. The molecule has 0 fully saturated rings. The van der Waals surface area contributed by atoms with E-state index in [9.17, 15) is 4.79 Å². The van der Waals surface area contributed by atoms with Crippen LogP contribution >= 0.6 is 22.9 Å². The lowest BCUT2D eigenvalue weighted by Crippen LogP contribution is -2.29. The van der Waals surface area contributed by atoms with E-state index in [1.807, 2.05) is 50.2 Å². The highest BCUT2D eigenvalue weighted by molar-refractivity contribution is 7.16. The SMILES string of the molecule is CC(C)NC(=O)c1ccc(NCc2ccc(Cl)s2)cc1. The number of halogens is 1. The molecule has 1 aromatic carbocycles. The van der Waals surface area contributed by atoms with Gasteiger partial charge in [-0.15, -0.1) is 11.3 Å². The zero-order valence-corrected chi connectivity index (χ0v) is 13.0. The van der Waals surface area contributed by atoms with Crippen LogP contribution in [0.15, 0.2) is 36.4 Å². The Morgan fingerprint density at radius 3 is 2.45 bits per heavy atom. The van der Waals surface area contributed by atoms with E-state index in [4.69, 9.17) is 11.6 Å². The van der Waals surface area contributed by atoms with E-state index in [0.29, 0.717) is 5.56 Å². The van der Waals surface area contributed by atoms with Gasteiger partial charge in [0.1, 0.15) is 0 Å². The van der Waals surface area contributed by atoms with Gasteiger partial charge in [0, 0.05) is 28.7 Å². The number of nitrogens with one attached hydrogen (secondary N) is 2. The van der Waals surface area contributed by atoms with Gasteiger partial charge in [0.2, 0.25) is 0 Å². The Kier molecular flexibility index (Phi) is 5.04. The third-order valence-electron chi connectivity index (χ3n) is 2.66. The van der Waals surface area contributed by atoms with Crippen LogP contribution in [0.25, 0.3) is 0 Å². The quantitative estimate of drug-likeness (QED) is 0.871. The first kappa shape index (κ1) is 14.9. The lowest BCUT2D eigenvalue weighted by atomic mass is 10.2. The maximum Gasteiger partial charge on any atom is 0.251 e. The summed E-state index contributed by atoms with van der Waals surface area (Å²) in [7, 11) is 0. The highest BCUT2D eigenvalue weighted by Crippen LogP contribution is 2.22. The number of benzene rings is 1. The summed E-state index contributed by atoms with van der Waals surface area (Å²) in [5, 5.41) is 6.17. The fraction of sp³-hybridized carbons (Fsp3) is 0.267. The van der Waals surface area contributed by atoms with Crippen LogP contribution in [0.2, 0.25) is 4.34 Å². The van der Waals surface area contributed by atoms with Crippen LogP contribution in [0.5, 0.6) is 0 Å². The first-order valence-electron chi connectivity index (χ1n) is 6.43. The van der Waals surface area contributed by atoms with Crippen LogP contribution < -0.4 is 10.6 Å². The van der Waals surface area contributed by atoms with Crippen LogP contribution in [0, 0.1) is 0 Å². The van der Waals surface area contributed by atoms with Gasteiger partial charge in [-0.2, -0.15) is 0 Å². The molecule has 3 nitrogen and oxygen atoms in total. The fourth-order valence-corrected chi connectivity index (χ4v) is 2.75. The average molecular weight is 309 g/mol. The molecule has 106 valence electrons. The van der Waals surface area contributed by atoms with Gasteiger partial charge in [-0.05, 0) is 50.2 Å². The molecule has 20 heavy (non-hydrogen) atoms. The zero-order chi connectivity index (χ0) is 14.5. The van der Waals surface area contributed by atoms with Crippen molar-refractivity contribution in [2.24, 2.45) is 0 Å². The molecule has 1 heterocycles. The number of thiophene rings is 1. The van der Waals surface area contributed by atoms with Gasteiger partial charge in [-0.25, -0.2) is 0 Å². The standard InChI is InChI=1S/C15H17ClN2OS/c1-10(2)18-15(19)11-3-5-12(6-4-11)17-9-13-7-8-14(16)20-13/h3-8,10,17H,9H2,1-2H3,(H,18,19). The Labute approximate surface area is 128 Å². The highest BCUT2D eigenvalue weighted by Gasteiger charge is 2.06. The number of anilines is 1. The van der Waals surface area contributed by atoms with Gasteiger partial charge >= 0.3 is 0 Å². The van der Waals surface area contributed by atoms with E-state index in [2.05, 4.69) is 10.6 Å². The maximum atomic E-state index is 11.8. The lowest BCUT2D eigenvalue weighted by Gasteiger charge is -2.09. The second-order valence-electron chi connectivity index (χ2n) is 4.76. The summed E-state index contributed by atoms with van der Waals surface area (Å²) in [4.78, 5) is 13.0. The van der Waals surface area contributed by atoms with Crippen molar-refractivity contribution in [2.75, 3.05) is 5.32 Å². The molecule has 0 aliphatic rings. The van der Waals surface area contributed by atoms with Gasteiger partial charge < -0.3 is 10.6 Å². The van der Waals surface area contributed by atoms with Gasteiger partial charge in [-0.3, -0.25) is 4.79 Å². The summed E-state index contributed by atoms with van der Waals surface area (Å²) < 4.78 is 0.794. The van der Waals surface area contributed by atoms with Crippen LogP contribution in [-0.4, -0.2) is 11.9 Å². The molecular formula is C15H17ClN2OS. The van der Waals surface area contributed by atoms with Crippen molar-refractivity contribution in [1.29, 1.82) is 0 Å². The highest BCUT2D eigenvalue weighted by atomic mass is 35.5. The molecule has 5 heteroatoms. The van der Waals surface area contributed by atoms with Gasteiger partial charge in [-0.1, -0.05) is 11.6 Å². The van der Waals surface area contributed by atoms with Crippen molar-refractivity contribution in [3.63, 3.8) is 0 Å². The molecule has 0 saturated carbocycles. The van der Waals surface area contributed by atoms with Crippen molar-refractivity contribution < 1.29 is 4.79 Å². The van der Waals surface area contributed by atoms with Crippen molar-refractivity contribution >= 4 is 34.5 Å². The van der Waals surface area contributed by atoms with Crippen molar-refractivity contribution in [3.05, 3.63) is 51.2 Å². The Morgan fingerprint density at radius 1 is 1.20 bits per heavy atom. The van der Waals surface area contributed by atoms with Crippen molar-refractivity contribution in [3.8, 4) is 0 Å². The first-order valence-corrected chi connectivity index (χ1v) is 7.63. The molecule has 1 amide bonds. The predicted octanol–water partition coefficient (Wildman–Crippen LogP) is 4.15. The molecule has 0 unspecified atom stereocenters. The molecule has 0 aliphatic heterocycles. The Morgan fingerprint density at radius 2 is 1.90 bits per heavy atom. The summed E-state index contributed by atoms with van der Waals surface area (Å²) >= 11 is 7.45.